The van der Waals surface area contributed by atoms with Gasteiger partial charge in [-0.05, 0) is 38.2 Å². The predicted molar refractivity (Wildman–Crippen MR) is 81.5 cm³/mol. The van der Waals surface area contributed by atoms with Crippen molar-refractivity contribution >= 4 is 28.5 Å². The van der Waals surface area contributed by atoms with E-state index in [9.17, 15) is 0 Å². The van der Waals surface area contributed by atoms with Crippen molar-refractivity contribution in [3.05, 3.63) is 29.8 Å². The first-order valence-electron chi connectivity index (χ1n) is 6.46. The fraction of sp³-hybridized carbons (Fsp3) is 0.571. The number of hydrogen-bond acceptors (Lipinski definition) is 2. The molecule has 0 aromatic heterocycles. The van der Waals surface area contributed by atoms with Crippen LogP contribution >= 0.6 is 15.9 Å². The van der Waals surface area contributed by atoms with Gasteiger partial charge in [0.25, 0.3) is 0 Å². The molecule has 2 nitrogen and oxygen atoms in total. The average Bonchev–Trinajstić information content (AvgIpc) is 2.38. The van der Waals surface area contributed by atoms with Crippen LogP contribution in [0.25, 0.3) is 0 Å². The second kappa shape index (κ2) is 7.32. The zero-order valence-corrected chi connectivity index (χ0v) is 13.3. The van der Waals surface area contributed by atoms with Crippen molar-refractivity contribution in [3.8, 4) is 0 Å². The molecular formula is C14H22BBrO2. The summed E-state index contributed by atoms with van der Waals surface area (Å²) in [4.78, 5) is 0. The van der Waals surface area contributed by atoms with Crippen molar-refractivity contribution in [2.45, 2.75) is 45.0 Å². The lowest BCUT2D eigenvalue weighted by Crippen LogP contribution is -2.43. The molecule has 0 spiro atoms. The molecule has 0 radical (unpaired) electrons. The topological polar surface area (TPSA) is 18.5 Å². The Morgan fingerprint density at radius 2 is 1.78 bits per heavy atom. The molecule has 4 heteroatoms. The smallest absolute Gasteiger partial charge is 0.408 e. The van der Waals surface area contributed by atoms with Crippen LogP contribution in [-0.2, 0) is 14.6 Å². The minimum absolute atomic E-state index is 0.173. The summed E-state index contributed by atoms with van der Waals surface area (Å²) in [7, 11) is -0.283. The lowest BCUT2D eigenvalue weighted by Gasteiger charge is -2.28. The lowest BCUT2D eigenvalue weighted by atomic mass is 9.77. The fourth-order valence-electron chi connectivity index (χ4n) is 1.49. The Kier molecular flexibility index (Phi) is 6.40. The highest BCUT2D eigenvalue weighted by Gasteiger charge is 2.28. The Bertz CT molecular complexity index is 351. The van der Waals surface area contributed by atoms with Crippen LogP contribution in [0.1, 0.15) is 39.7 Å². The molecule has 18 heavy (non-hydrogen) atoms. The number of rotatable bonds is 7. The van der Waals surface area contributed by atoms with E-state index >= 15 is 0 Å². The molecule has 0 fully saturated rings. The lowest BCUT2D eigenvalue weighted by molar-refractivity contribution is 0.0706. The number of hydrogen-bond donors (Lipinski definition) is 0. The van der Waals surface area contributed by atoms with Gasteiger partial charge in [0.1, 0.15) is 0 Å². The second-order valence-corrected chi connectivity index (χ2v) is 5.45. The maximum atomic E-state index is 6.05. The molecule has 0 unspecified atom stereocenters. The van der Waals surface area contributed by atoms with E-state index < -0.39 is 0 Å². The molecule has 0 amide bonds. The Morgan fingerprint density at radius 1 is 1.17 bits per heavy atom. The van der Waals surface area contributed by atoms with E-state index in [1.165, 1.54) is 5.56 Å². The van der Waals surface area contributed by atoms with Crippen LogP contribution in [0.4, 0.5) is 0 Å². The third-order valence-corrected chi connectivity index (χ3v) is 3.65. The van der Waals surface area contributed by atoms with E-state index in [-0.39, 0.29) is 12.7 Å². The first-order chi connectivity index (χ1) is 8.52. The average molecular weight is 313 g/mol. The van der Waals surface area contributed by atoms with Gasteiger partial charge in [-0.15, -0.1) is 0 Å². The van der Waals surface area contributed by atoms with Gasteiger partial charge in [-0.1, -0.05) is 47.1 Å². The first kappa shape index (κ1) is 15.7. The van der Waals surface area contributed by atoms with Crippen LogP contribution in [0.5, 0.6) is 0 Å². The van der Waals surface area contributed by atoms with Crippen LogP contribution in [0.2, 0.25) is 0 Å². The Hall–Kier alpha value is -0.315. The van der Waals surface area contributed by atoms with Gasteiger partial charge in [0, 0.05) is 17.5 Å². The molecule has 0 saturated heterocycles. The zero-order chi connectivity index (χ0) is 13.6. The minimum atomic E-state index is -0.283. The van der Waals surface area contributed by atoms with Gasteiger partial charge >= 0.3 is 7.12 Å². The molecule has 1 rings (SSSR count). The van der Waals surface area contributed by atoms with Crippen LogP contribution in [0.15, 0.2) is 24.3 Å². The number of alkyl halides is 1. The highest BCUT2D eigenvalue weighted by Crippen LogP contribution is 2.15. The SMILES string of the molecule is CCOB(OC(C)(C)CC)c1ccc(CBr)cc1. The molecule has 0 N–H and O–H groups in total. The number of halogens is 1. The predicted octanol–water partition coefficient (Wildman–Crippen LogP) is 3.52. The molecule has 100 valence electrons. The van der Waals surface area contributed by atoms with Gasteiger partial charge in [0.05, 0.1) is 0 Å². The maximum absolute atomic E-state index is 6.05. The third kappa shape index (κ3) is 4.75. The molecule has 0 heterocycles. The second-order valence-electron chi connectivity index (χ2n) is 4.89. The van der Waals surface area contributed by atoms with Crippen LogP contribution in [0.3, 0.4) is 0 Å². The van der Waals surface area contributed by atoms with E-state index in [4.69, 9.17) is 9.31 Å². The van der Waals surface area contributed by atoms with Crippen molar-refractivity contribution in [1.29, 1.82) is 0 Å². The Morgan fingerprint density at radius 3 is 2.22 bits per heavy atom. The summed E-state index contributed by atoms with van der Waals surface area (Å²) >= 11 is 3.45. The van der Waals surface area contributed by atoms with Gasteiger partial charge in [-0.2, -0.15) is 0 Å². The summed E-state index contributed by atoms with van der Waals surface area (Å²) in [5.74, 6) is 0. The highest BCUT2D eigenvalue weighted by molar-refractivity contribution is 9.08. The summed E-state index contributed by atoms with van der Waals surface area (Å²) < 4.78 is 11.8. The monoisotopic (exact) mass is 312 g/mol. The normalized spacial score (nSPS) is 11.6. The van der Waals surface area contributed by atoms with E-state index in [1.54, 1.807) is 0 Å². The molecule has 1 aromatic carbocycles. The maximum Gasteiger partial charge on any atom is 0.494 e. The molecule has 1 aromatic rings. The Labute approximate surface area is 119 Å². The quantitative estimate of drug-likeness (QED) is 0.566. The van der Waals surface area contributed by atoms with Crippen molar-refractivity contribution in [3.63, 3.8) is 0 Å². The number of benzene rings is 1. The van der Waals surface area contributed by atoms with Gasteiger partial charge in [-0.25, -0.2) is 0 Å². The standard InChI is InChI=1S/C14H22BBrO2/c1-5-14(3,4)18-15(17-6-2)13-9-7-12(11-16)8-10-13/h7-10H,5-6,11H2,1-4H3. The Balaban J connectivity index is 2.82. The zero-order valence-electron chi connectivity index (χ0n) is 11.7. The molecule has 0 atom stereocenters. The van der Waals surface area contributed by atoms with Crippen molar-refractivity contribution in [2.75, 3.05) is 6.61 Å². The molecule has 0 aliphatic heterocycles. The minimum Gasteiger partial charge on any atom is -0.408 e. The van der Waals surface area contributed by atoms with E-state index in [1.807, 2.05) is 6.92 Å². The van der Waals surface area contributed by atoms with Gasteiger partial charge in [0.15, 0.2) is 0 Å². The van der Waals surface area contributed by atoms with Crippen molar-refractivity contribution < 1.29 is 9.31 Å². The fourth-order valence-corrected chi connectivity index (χ4v) is 1.86. The highest BCUT2D eigenvalue weighted by atomic mass is 79.9. The first-order valence-corrected chi connectivity index (χ1v) is 7.58. The summed E-state index contributed by atoms with van der Waals surface area (Å²) in [5.41, 5.74) is 2.15. The third-order valence-electron chi connectivity index (χ3n) is 3.00. The van der Waals surface area contributed by atoms with Gasteiger partial charge < -0.3 is 9.31 Å². The molecule has 0 aliphatic rings. The molecule has 0 bridgehead atoms. The summed E-state index contributed by atoms with van der Waals surface area (Å²) in [6.07, 6.45) is 0.954. The summed E-state index contributed by atoms with van der Waals surface area (Å²) in [6, 6.07) is 8.34. The van der Waals surface area contributed by atoms with E-state index in [2.05, 4.69) is 61.0 Å². The van der Waals surface area contributed by atoms with Gasteiger partial charge in [0.2, 0.25) is 0 Å². The van der Waals surface area contributed by atoms with Crippen molar-refractivity contribution in [2.24, 2.45) is 0 Å². The molecule has 0 saturated carbocycles. The largest absolute Gasteiger partial charge is 0.494 e. The summed E-state index contributed by atoms with van der Waals surface area (Å²) in [6.45, 7) is 8.93. The van der Waals surface area contributed by atoms with Crippen LogP contribution in [-0.4, -0.2) is 19.3 Å². The van der Waals surface area contributed by atoms with Crippen molar-refractivity contribution in [1.82, 2.24) is 0 Å². The van der Waals surface area contributed by atoms with E-state index in [0.29, 0.717) is 6.61 Å². The molecular weight excluding hydrogens is 291 g/mol. The van der Waals surface area contributed by atoms with Crippen LogP contribution < -0.4 is 5.46 Å². The summed E-state index contributed by atoms with van der Waals surface area (Å²) in [5, 5.41) is 0.869. The van der Waals surface area contributed by atoms with E-state index in [0.717, 1.165) is 17.2 Å². The van der Waals surface area contributed by atoms with Gasteiger partial charge in [-0.3, -0.25) is 0 Å². The van der Waals surface area contributed by atoms with Crippen LogP contribution in [0, 0.1) is 0 Å². The molecule has 0 aliphatic carbocycles.